The van der Waals surface area contributed by atoms with Crippen molar-refractivity contribution >= 4 is 64.2 Å². The number of aryl methyl sites for hydroxylation is 1. The molecule has 7 nitrogen and oxygen atoms in total. The Bertz CT molecular complexity index is 1370. The van der Waals surface area contributed by atoms with Crippen LogP contribution in [0.25, 0.3) is 20.4 Å². The van der Waals surface area contributed by atoms with Crippen LogP contribution in [0.3, 0.4) is 0 Å². The van der Waals surface area contributed by atoms with Gasteiger partial charge in [0.05, 0.1) is 30.3 Å². The van der Waals surface area contributed by atoms with Gasteiger partial charge in [0.1, 0.15) is 0 Å². The average Bonchev–Trinajstić information content (AvgIpc) is 3.46. The molecule has 1 saturated heterocycles. The molecule has 1 aliphatic heterocycles. The molecule has 30 heavy (non-hydrogen) atoms. The first kappa shape index (κ1) is 19.6. The van der Waals surface area contributed by atoms with Gasteiger partial charge in [0.15, 0.2) is 5.13 Å². The minimum Gasteiger partial charge on any atom is -0.298 e. The van der Waals surface area contributed by atoms with E-state index in [2.05, 4.69) is 15.3 Å². The van der Waals surface area contributed by atoms with Crippen LogP contribution in [0.15, 0.2) is 41.3 Å². The maximum Gasteiger partial charge on any atom is 0.257 e. The number of rotatable bonds is 4. The SMILES string of the molecule is Cc1nc2ccc3nc(NC(=O)c4ccc(S(=O)(=O)N5CCCC5)cc4)sc3c2s1. The Morgan fingerprint density at radius 3 is 2.30 bits per heavy atom. The number of carbonyl (C=O) groups excluding carboxylic acids is 1. The summed E-state index contributed by atoms with van der Waals surface area (Å²) < 4.78 is 28.8. The molecule has 0 spiro atoms. The van der Waals surface area contributed by atoms with Gasteiger partial charge in [-0.25, -0.2) is 18.4 Å². The Morgan fingerprint density at radius 2 is 1.60 bits per heavy atom. The van der Waals surface area contributed by atoms with Crippen LogP contribution in [0.5, 0.6) is 0 Å². The van der Waals surface area contributed by atoms with Crippen LogP contribution in [0.4, 0.5) is 5.13 Å². The van der Waals surface area contributed by atoms with E-state index in [0.29, 0.717) is 23.8 Å². The number of thiazole rings is 2. The van der Waals surface area contributed by atoms with E-state index in [1.54, 1.807) is 11.3 Å². The van der Waals surface area contributed by atoms with Gasteiger partial charge in [-0.1, -0.05) is 11.3 Å². The zero-order chi connectivity index (χ0) is 20.9. The molecule has 0 unspecified atom stereocenters. The third-order valence-corrected chi connectivity index (χ3v) is 9.11. The lowest BCUT2D eigenvalue weighted by atomic mass is 10.2. The normalized spacial score (nSPS) is 15.2. The number of carbonyl (C=O) groups is 1. The van der Waals surface area contributed by atoms with Crippen LogP contribution in [0.1, 0.15) is 28.2 Å². The molecule has 1 aliphatic rings. The molecule has 1 amide bonds. The van der Waals surface area contributed by atoms with Crippen molar-refractivity contribution in [2.24, 2.45) is 0 Å². The quantitative estimate of drug-likeness (QED) is 0.494. The molecular weight excluding hydrogens is 440 g/mol. The van der Waals surface area contributed by atoms with Crippen molar-refractivity contribution < 1.29 is 13.2 Å². The number of nitrogens with zero attached hydrogens (tertiary/aromatic N) is 3. The maximum absolute atomic E-state index is 12.7. The zero-order valence-corrected chi connectivity index (χ0v) is 18.5. The van der Waals surface area contributed by atoms with Gasteiger partial charge in [-0.2, -0.15) is 4.31 Å². The second kappa shape index (κ2) is 7.38. The summed E-state index contributed by atoms with van der Waals surface area (Å²) in [6.07, 6.45) is 1.77. The predicted octanol–water partition coefficient (Wildman–Crippen LogP) is 4.25. The molecule has 0 radical (unpaired) electrons. The molecule has 4 aromatic rings. The van der Waals surface area contributed by atoms with Gasteiger partial charge < -0.3 is 0 Å². The smallest absolute Gasteiger partial charge is 0.257 e. The first-order valence-electron chi connectivity index (χ1n) is 9.50. The molecule has 2 aromatic heterocycles. The Kier molecular flexibility index (Phi) is 4.81. The van der Waals surface area contributed by atoms with Crippen molar-refractivity contribution in [3.05, 3.63) is 47.0 Å². The molecular formula is C20H18N4O3S3. The van der Waals surface area contributed by atoms with Crippen LogP contribution in [0.2, 0.25) is 0 Å². The van der Waals surface area contributed by atoms with Crippen molar-refractivity contribution in [1.82, 2.24) is 14.3 Å². The van der Waals surface area contributed by atoms with E-state index in [-0.39, 0.29) is 10.8 Å². The molecule has 3 heterocycles. The summed E-state index contributed by atoms with van der Waals surface area (Å²) in [5.41, 5.74) is 2.13. The summed E-state index contributed by atoms with van der Waals surface area (Å²) in [6, 6.07) is 9.90. The van der Waals surface area contributed by atoms with Crippen molar-refractivity contribution in [3.8, 4) is 0 Å². The summed E-state index contributed by atoms with van der Waals surface area (Å²) >= 11 is 3.02. The first-order chi connectivity index (χ1) is 14.4. The average molecular weight is 459 g/mol. The number of amides is 1. The fourth-order valence-electron chi connectivity index (χ4n) is 3.56. The van der Waals surface area contributed by atoms with Gasteiger partial charge in [0.2, 0.25) is 10.0 Å². The lowest BCUT2D eigenvalue weighted by molar-refractivity contribution is 0.102. The number of anilines is 1. The largest absolute Gasteiger partial charge is 0.298 e. The lowest BCUT2D eigenvalue weighted by Gasteiger charge is -2.15. The van der Waals surface area contributed by atoms with E-state index < -0.39 is 10.0 Å². The Morgan fingerprint density at radius 1 is 0.967 bits per heavy atom. The molecule has 1 N–H and O–H groups in total. The highest BCUT2D eigenvalue weighted by Gasteiger charge is 2.27. The number of nitrogens with one attached hydrogen (secondary N) is 1. The summed E-state index contributed by atoms with van der Waals surface area (Å²) in [5.74, 6) is -0.323. The predicted molar refractivity (Wildman–Crippen MR) is 120 cm³/mol. The standard InChI is InChI=1S/C20H18N4O3S3/c1-12-21-15-8-9-16-18(17(15)28-12)29-20(22-16)23-19(25)13-4-6-14(7-5-13)30(26,27)24-10-2-3-11-24/h4-9H,2-3,10-11H2,1H3,(H,22,23,25). The third-order valence-electron chi connectivity index (χ3n) is 5.06. The van der Waals surface area contributed by atoms with E-state index in [1.807, 2.05) is 19.1 Å². The maximum atomic E-state index is 12.7. The summed E-state index contributed by atoms with van der Waals surface area (Å²) in [5, 5.41) is 4.31. The van der Waals surface area contributed by atoms with Crippen LogP contribution >= 0.6 is 22.7 Å². The molecule has 154 valence electrons. The molecule has 0 saturated carbocycles. The highest BCUT2D eigenvalue weighted by atomic mass is 32.2. The Balaban J connectivity index is 1.38. The van der Waals surface area contributed by atoms with E-state index in [9.17, 15) is 13.2 Å². The summed E-state index contributed by atoms with van der Waals surface area (Å²) in [7, 11) is -3.49. The van der Waals surface area contributed by atoms with Gasteiger partial charge >= 0.3 is 0 Å². The van der Waals surface area contributed by atoms with E-state index >= 15 is 0 Å². The Hall–Kier alpha value is -2.40. The molecule has 0 bridgehead atoms. The molecule has 5 rings (SSSR count). The second-order valence-corrected chi connectivity index (χ2v) is 11.2. The van der Waals surface area contributed by atoms with Crippen molar-refractivity contribution in [2.45, 2.75) is 24.7 Å². The van der Waals surface area contributed by atoms with Crippen LogP contribution in [0, 0.1) is 6.92 Å². The highest BCUT2D eigenvalue weighted by Crippen LogP contribution is 2.36. The van der Waals surface area contributed by atoms with Gasteiger partial charge in [-0.3, -0.25) is 10.1 Å². The van der Waals surface area contributed by atoms with Gasteiger partial charge in [0, 0.05) is 18.7 Å². The van der Waals surface area contributed by atoms with Crippen LogP contribution in [-0.4, -0.2) is 41.7 Å². The number of benzene rings is 2. The second-order valence-electron chi connectivity index (χ2n) is 7.10. The fraction of sp³-hybridized carbons (Fsp3) is 0.250. The van der Waals surface area contributed by atoms with Crippen molar-refractivity contribution in [2.75, 3.05) is 18.4 Å². The van der Waals surface area contributed by atoms with Crippen LogP contribution in [-0.2, 0) is 10.0 Å². The van der Waals surface area contributed by atoms with Gasteiger partial charge in [-0.05, 0) is 56.2 Å². The number of aromatic nitrogens is 2. The van der Waals surface area contributed by atoms with Crippen molar-refractivity contribution in [3.63, 3.8) is 0 Å². The number of sulfonamides is 1. The Labute approximate surface area is 181 Å². The molecule has 0 atom stereocenters. The van der Waals surface area contributed by atoms with E-state index in [0.717, 1.165) is 38.3 Å². The van der Waals surface area contributed by atoms with Gasteiger partial charge in [-0.15, -0.1) is 11.3 Å². The van der Waals surface area contributed by atoms with E-state index in [4.69, 9.17) is 0 Å². The lowest BCUT2D eigenvalue weighted by Crippen LogP contribution is -2.27. The van der Waals surface area contributed by atoms with Gasteiger partial charge in [0.25, 0.3) is 5.91 Å². The highest BCUT2D eigenvalue weighted by molar-refractivity contribution is 7.89. The molecule has 2 aromatic carbocycles. The van der Waals surface area contributed by atoms with Crippen LogP contribution < -0.4 is 5.32 Å². The minimum absolute atomic E-state index is 0.212. The molecule has 0 aliphatic carbocycles. The van der Waals surface area contributed by atoms with Crippen molar-refractivity contribution in [1.29, 1.82) is 0 Å². The fourth-order valence-corrected chi connectivity index (χ4v) is 7.08. The summed E-state index contributed by atoms with van der Waals surface area (Å²) in [4.78, 5) is 21.9. The molecule has 1 fully saturated rings. The number of hydrogen-bond acceptors (Lipinski definition) is 7. The number of hydrogen-bond donors (Lipinski definition) is 1. The zero-order valence-electron chi connectivity index (χ0n) is 16.1. The topological polar surface area (TPSA) is 92.3 Å². The minimum atomic E-state index is -3.49. The third kappa shape index (κ3) is 3.39. The monoisotopic (exact) mass is 458 g/mol. The summed E-state index contributed by atoms with van der Waals surface area (Å²) in [6.45, 7) is 3.07. The first-order valence-corrected chi connectivity index (χ1v) is 12.6. The molecule has 10 heteroatoms. The van der Waals surface area contributed by atoms with E-state index in [1.165, 1.54) is 39.9 Å². The number of fused-ring (bicyclic) bond motifs is 3.